The van der Waals surface area contributed by atoms with Gasteiger partial charge in [0.2, 0.25) is 11.8 Å². The summed E-state index contributed by atoms with van der Waals surface area (Å²) in [4.78, 5) is 27.9. The molecule has 0 saturated carbocycles. The molecule has 29 heavy (non-hydrogen) atoms. The second-order valence-electron chi connectivity index (χ2n) is 7.58. The van der Waals surface area contributed by atoms with Gasteiger partial charge >= 0.3 is 0 Å². The van der Waals surface area contributed by atoms with E-state index in [4.69, 9.17) is 0 Å². The number of carbonyl (C=O) groups is 2. The number of nitrogens with one attached hydrogen (secondary N) is 2. The summed E-state index contributed by atoms with van der Waals surface area (Å²) in [5.74, 6) is -0.459. The average molecular weight is 390 g/mol. The summed E-state index contributed by atoms with van der Waals surface area (Å²) in [5.41, 5.74) is 3.40. The predicted molar refractivity (Wildman–Crippen MR) is 113 cm³/mol. The molecular weight excluding hydrogens is 364 g/mol. The number of hydrogen-bond donors (Lipinski definition) is 2. The molecule has 150 valence electrons. The molecule has 0 unspecified atom stereocenters. The van der Waals surface area contributed by atoms with Crippen LogP contribution in [-0.2, 0) is 22.7 Å². The minimum absolute atomic E-state index is 0.224. The lowest BCUT2D eigenvalue weighted by Crippen LogP contribution is -2.54. The van der Waals surface area contributed by atoms with Crippen LogP contribution in [0.1, 0.15) is 31.9 Å². The van der Waals surface area contributed by atoms with Crippen LogP contribution in [0.2, 0.25) is 0 Å². The molecule has 0 radical (unpaired) electrons. The van der Waals surface area contributed by atoms with Crippen LogP contribution in [0.15, 0.2) is 67.3 Å². The van der Waals surface area contributed by atoms with Crippen LogP contribution in [0, 0.1) is 0 Å². The lowest BCUT2D eigenvalue weighted by atomic mass is 9.98. The molecule has 1 aromatic heterocycles. The molecule has 0 fully saturated rings. The second kappa shape index (κ2) is 8.73. The minimum atomic E-state index is -0.963. The third kappa shape index (κ3) is 5.31. The van der Waals surface area contributed by atoms with Crippen molar-refractivity contribution in [1.29, 1.82) is 0 Å². The summed E-state index contributed by atoms with van der Waals surface area (Å²) < 4.78 is 2.02. The van der Waals surface area contributed by atoms with Crippen molar-refractivity contribution in [2.24, 2.45) is 0 Å². The fourth-order valence-corrected chi connectivity index (χ4v) is 3.23. The van der Waals surface area contributed by atoms with E-state index in [-0.39, 0.29) is 11.8 Å². The average Bonchev–Trinajstić information content (AvgIpc) is 3.19. The molecule has 1 heterocycles. The Morgan fingerprint density at radius 3 is 2.45 bits per heavy atom. The van der Waals surface area contributed by atoms with Crippen molar-refractivity contribution < 1.29 is 9.59 Å². The molecule has 3 rings (SSSR count). The van der Waals surface area contributed by atoms with E-state index in [0.29, 0.717) is 6.54 Å². The number of hydrogen-bond acceptors (Lipinski definition) is 3. The third-order valence-corrected chi connectivity index (χ3v) is 4.70. The van der Waals surface area contributed by atoms with Gasteiger partial charge < -0.3 is 15.2 Å². The molecule has 2 N–H and O–H groups in total. The number of benzene rings is 2. The first kappa shape index (κ1) is 20.3. The Morgan fingerprint density at radius 1 is 1.07 bits per heavy atom. The van der Waals surface area contributed by atoms with Crippen molar-refractivity contribution in [1.82, 2.24) is 20.2 Å². The molecule has 0 bridgehead atoms. The number of aromatic nitrogens is 2. The molecule has 2 amide bonds. The third-order valence-electron chi connectivity index (χ3n) is 4.70. The summed E-state index contributed by atoms with van der Waals surface area (Å²) in [6.45, 7) is 5.94. The van der Waals surface area contributed by atoms with Gasteiger partial charge in [-0.1, -0.05) is 48.5 Å². The van der Waals surface area contributed by atoms with E-state index in [9.17, 15) is 9.59 Å². The molecule has 6 heteroatoms. The molecule has 0 aliphatic carbocycles. The van der Waals surface area contributed by atoms with Crippen LogP contribution in [0.3, 0.4) is 0 Å². The summed E-state index contributed by atoms with van der Waals surface area (Å²) in [6.07, 6.45) is 5.51. The Bertz CT molecular complexity index is 976. The molecule has 0 spiro atoms. The maximum absolute atomic E-state index is 12.5. The van der Waals surface area contributed by atoms with Gasteiger partial charge in [0.15, 0.2) is 0 Å². The summed E-state index contributed by atoms with van der Waals surface area (Å²) >= 11 is 0. The number of nitrogens with zero attached hydrogens (tertiary/aromatic N) is 2. The Balaban J connectivity index is 1.72. The van der Waals surface area contributed by atoms with Crippen LogP contribution < -0.4 is 10.6 Å². The SMILES string of the molecule is CC(=O)NC(C)(C)C(=O)NCc1ccccc1-c1ccc(Cn2ccnc2)cc1. The fourth-order valence-electron chi connectivity index (χ4n) is 3.23. The van der Waals surface area contributed by atoms with Crippen molar-refractivity contribution in [2.45, 2.75) is 39.4 Å². The van der Waals surface area contributed by atoms with Gasteiger partial charge in [0, 0.05) is 32.4 Å². The maximum atomic E-state index is 12.5. The first-order valence-electron chi connectivity index (χ1n) is 9.55. The zero-order valence-corrected chi connectivity index (χ0v) is 17.0. The first-order valence-corrected chi connectivity index (χ1v) is 9.55. The van der Waals surface area contributed by atoms with Crippen LogP contribution in [0.25, 0.3) is 11.1 Å². The summed E-state index contributed by atoms with van der Waals surface area (Å²) in [5, 5.41) is 5.60. The number of imidazole rings is 1. The van der Waals surface area contributed by atoms with Crippen molar-refractivity contribution in [2.75, 3.05) is 0 Å². The highest BCUT2D eigenvalue weighted by Crippen LogP contribution is 2.24. The van der Waals surface area contributed by atoms with Gasteiger partial charge in [0.25, 0.3) is 0 Å². The van der Waals surface area contributed by atoms with Gasteiger partial charge in [-0.15, -0.1) is 0 Å². The molecule has 0 atom stereocenters. The Morgan fingerprint density at radius 2 is 1.79 bits per heavy atom. The second-order valence-corrected chi connectivity index (χ2v) is 7.58. The number of carbonyl (C=O) groups excluding carboxylic acids is 2. The number of rotatable bonds is 7. The van der Waals surface area contributed by atoms with E-state index in [0.717, 1.165) is 23.2 Å². The van der Waals surface area contributed by atoms with E-state index >= 15 is 0 Å². The highest BCUT2D eigenvalue weighted by atomic mass is 16.2. The topological polar surface area (TPSA) is 76.0 Å². The van der Waals surface area contributed by atoms with Crippen molar-refractivity contribution in [3.63, 3.8) is 0 Å². The minimum Gasteiger partial charge on any atom is -0.350 e. The van der Waals surface area contributed by atoms with Crippen LogP contribution in [-0.4, -0.2) is 26.9 Å². The Kier molecular flexibility index (Phi) is 6.12. The predicted octanol–water partition coefficient (Wildman–Crippen LogP) is 3.13. The van der Waals surface area contributed by atoms with Gasteiger partial charge in [0.05, 0.1) is 6.33 Å². The van der Waals surface area contributed by atoms with Gasteiger partial charge in [-0.2, -0.15) is 0 Å². The van der Waals surface area contributed by atoms with Gasteiger partial charge in [-0.25, -0.2) is 4.98 Å². The molecule has 3 aromatic rings. The molecule has 2 aromatic carbocycles. The quantitative estimate of drug-likeness (QED) is 0.651. The van der Waals surface area contributed by atoms with E-state index < -0.39 is 5.54 Å². The first-order chi connectivity index (χ1) is 13.8. The van der Waals surface area contributed by atoms with E-state index in [1.165, 1.54) is 12.5 Å². The highest BCUT2D eigenvalue weighted by Gasteiger charge is 2.28. The molecule has 0 aliphatic rings. The fraction of sp³-hybridized carbons (Fsp3) is 0.261. The monoisotopic (exact) mass is 390 g/mol. The normalized spacial score (nSPS) is 11.1. The maximum Gasteiger partial charge on any atom is 0.245 e. The van der Waals surface area contributed by atoms with Crippen molar-refractivity contribution in [3.8, 4) is 11.1 Å². The van der Waals surface area contributed by atoms with Gasteiger partial charge in [0.1, 0.15) is 5.54 Å². The molecular formula is C23H26N4O2. The van der Waals surface area contributed by atoms with Gasteiger partial charge in [-0.3, -0.25) is 9.59 Å². The zero-order valence-electron chi connectivity index (χ0n) is 17.0. The van der Waals surface area contributed by atoms with Crippen LogP contribution in [0.5, 0.6) is 0 Å². The molecule has 6 nitrogen and oxygen atoms in total. The van der Waals surface area contributed by atoms with E-state index in [1.807, 2.05) is 35.0 Å². The molecule has 0 saturated heterocycles. The molecule has 0 aliphatic heterocycles. The number of amides is 2. The van der Waals surface area contributed by atoms with E-state index in [2.05, 4.69) is 39.9 Å². The largest absolute Gasteiger partial charge is 0.350 e. The summed E-state index contributed by atoms with van der Waals surface area (Å²) in [6, 6.07) is 16.4. The lowest BCUT2D eigenvalue weighted by Gasteiger charge is -2.24. The van der Waals surface area contributed by atoms with Gasteiger partial charge in [-0.05, 0) is 36.1 Å². The standard InChI is InChI=1S/C23H26N4O2/c1-17(28)26-23(2,3)22(29)25-14-20-6-4-5-7-21(20)19-10-8-18(9-11-19)15-27-13-12-24-16-27/h4-13,16H,14-15H2,1-3H3,(H,25,29)(H,26,28). The highest BCUT2D eigenvalue weighted by molar-refractivity contribution is 5.90. The summed E-state index contributed by atoms with van der Waals surface area (Å²) in [7, 11) is 0. The smallest absolute Gasteiger partial charge is 0.245 e. The van der Waals surface area contributed by atoms with Crippen molar-refractivity contribution in [3.05, 3.63) is 78.4 Å². The Labute approximate surface area is 171 Å². The van der Waals surface area contributed by atoms with E-state index in [1.54, 1.807) is 26.4 Å². The lowest BCUT2D eigenvalue weighted by molar-refractivity contribution is -0.131. The van der Waals surface area contributed by atoms with Crippen molar-refractivity contribution >= 4 is 11.8 Å². The zero-order chi connectivity index (χ0) is 20.9. The Hall–Kier alpha value is -3.41. The van der Waals surface area contributed by atoms with Crippen LogP contribution >= 0.6 is 0 Å². The van der Waals surface area contributed by atoms with Crippen LogP contribution in [0.4, 0.5) is 0 Å².